The lowest BCUT2D eigenvalue weighted by atomic mass is 10.1. The summed E-state index contributed by atoms with van der Waals surface area (Å²) in [4.78, 5) is 30.6. The first-order valence-electron chi connectivity index (χ1n) is 10.9. The topological polar surface area (TPSA) is 64.0 Å². The molecule has 0 saturated heterocycles. The van der Waals surface area contributed by atoms with Crippen LogP contribution in [-0.2, 0) is 24.2 Å². The maximum atomic E-state index is 13.3. The lowest BCUT2D eigenvalue weighted by Crippen LogP contribution is -2.25. The molecule has 0 unspecified atom stereocenters. The van der Waals surface area contributed by atoms with E-state index in [1.54, 1.807) is 22.8 Å². The summed E-state index contributed by atoms with van der Waals surface area (Å²) in [5, 5.41) is 4.48. The van der Waals surface area contributed by atoms with E-state index in [-0.39, 0.29) is 17.2 Å². The van der Waals surface area contributed by atoms with E-state index in [1.165, 1.54) is 29.3 Å². The van der Waals surface area contributed by atoms with Gasteiger partial charge in [0.25, 0.3) is 5.56 Å². The number of aryl methyl sites for hydroxylation is 2. The molecular formula is C26H22ClN3O2S. The van der Waals surface area contributed by atoms with E-state index < -0.39 is 0 Å². The van der Waals surface area contributed by atoms with Gasteiger partial charge < -0.3 is 5.32 Å². The van der Waals surface area contributed by atoms with Crippen molar-refractivity contribution in [2.24, 2.45) is 0 Å². The molecule has 7 heteroatoms. The van der Waals surface area contributed by atoms with E-state index in [1.807, 2.05) is 36.4 Å². The molecule has 1 N–H and O–H groups in total. The van der Waals surface area contributed by atoms with Gasteiger partial charge in [-0.25, -0.2) is 4.98 Å². The number of fused-ring (bicyclic) bond motifs is 2. The van der Waals surface area contributed by atoms with Gasteiger partial charge in [0.2, 0.25) is 5.91 Å². The summed E-state index contributed by atoms with van der Waals surface area (Å²) in [7, 11) is 0. The summed E-state index contributed by atoms with van der Waals surface area (Å²) >= 11 is 7.38. The molecule has 1 aromatic heterocycles. The predicted molar refractivity (Wildman–Crippen MR) is 134 cm³/mol. The third-order valence-corrected chi connectivity index (χ3v) is 6.99. The molecule has 33 heavy (non-hydrogen) atoms. The van der Waals surface area contributed by atoms with Crippen LogP contribution in [0.15, 0.2) is 76.7 Å². The Hall–Kier alpha value is -3.09. The van der Waals surface area contributed by atoms with Crippen LogP contribution < -0.4 is 10.9 Å². The summed E-state index contributed by atoms with van der Waals surface area (Å²) in [6.45, 7) is 0.375. The monoisotopic (exact) mass is 475 g/mol. The first-order valence-corrected chi connectivity index (χ1v) is 12.2. The van der Waals surface area contributed by atoms with Crippen LogP contribution in [0.2, 0.25) is 5.02 Å². The maximum Gasteiger partial charge on any atom is 0.262 e. The molecule has 1 heterocycles. The maximum absolute atomic E-state index is 13.3. The molecule has 0 fully saturated rings. The smallest absolute Gasteiger partial charge is 0.262 e. The van der Waals surface area contributed by atoms with Crippen molar-refractivity contribution in [2.75, 3.05) is 11.1 Å². The molecule has 0 bridgehead atoms. The van der Waals surface area contributed by atoms with Crippen molar-refractivity contribution in [3.8, 4) is 0 Å². The summed E-state index contributed by atoms with van der Waals surface area (Å²) in [5.74, 6) is 0.00866. The number of nitrogens with zero attached hydrogens (tertiary/aromatic N) is 2. The summed E-state index contributed by atoms with van der Waals surface area (Å²) in [5.41, 5.74) is 4.84. The SMILES string of the molecule is O=C(CSc1nc2cc(Cl)ccc2c(=O)n1Cc1ccccc1)Nc1ccc2c(c1)CCC2. The third-order valence-electron chi connectivity index (χ3n) is 5.78. The number of nitrogens with one attached hydrogen (secondary N) is 1. The van der Waals surface area contributed by atoms with Crippen molar-refractivity contribution >= 4 is 45.9 Å². The molecule has 0 atom stereocenters. The normalized spacial score (nSPS) is 12.6. The van der Waals surface area contributed by atoms with Gasteiger partial charge in [0.05, 0.1) is 23.2 Å². The lowest BCUT2D eigenvalue weighted by molar-refractivity contribution is -0.113. The zero-order valence-corrected chi connectivity index (χ0v) is 19.5. The van der Waals surface area contributed by atoms with Gasteiger partial charge in [0.1, 0.15) is 0 Å². The molecule has 3 aromatic carbocycles. The van der Waals surface area contributed by atoms with Crippen LogP contribution in [0.4, 0.5) is 5.69 Å². The number of rotatable bonds is 6. The van der Waals surface area contributed by atoms with Crippen molar-refractivity contribution in [3.05, 3.63) is 98.8 Å². The van der Waals surface area contributed by atoms with Gasteiger partial charge in [-0.2, -0.15) is 0 Å². The lowest BCUT2D eigenvalue weighted by Gasteiger charge is -2.14. The Labute approximate surface area is 200 Å². The van der Waals surface area contributed by atoms with E-state index in [9.17, 15) is 9.59 Å². The second-order valence-electron chi connectivity index (χ2n) is 8.11. The minimum atomic E-state index is -0.151. The molecule has 5 nitrogen and oxygen atoms in total. The number of aromatic nitrogens is 2. The summed E-state index contributed by atoms with van der Waals surface area (Å²) in [6, 6.07) is 20.9. The Morgan fingerprint density at radius 2 is 1.85 bits per heavy atom. The van der Waals surface area contributed by atoms with Gasteiger partial charge in [-0.1, -0.05) is 59.8 Å². The summed E-state index contributed by atoms with van der Waals surface area (Å²) < 4.78 is 1.62. The van der Waals surface area contributed by atoms with Crippen LogP contribution >= 0.6 is 23.4 Å². The standard InChI is InChI=1S/C26H22ClN3O2S/c27-20-10-12-22-23(14-20)29-26(30(25(22)32)15-17-5-2-1-3-6-17)33-16-24(31)28-21-11-9-18-7-4-8-19(18)13-21/h1-3,5-6,9-14H,4,7-8,15-16H2,(H,28,31). The minimum absolute atomic E-state index is 0.135. The highest BCUT2D eigenvalue weighted by Gasteiger charge is 2.16. The fraction of sp³-hybridized carbons (Fsp3) is 0.192. The highest BCUT2D eigenvalue weighted by molar-refractivity contribution is 7.99. The Bertz CT molecular complexity index is 1400. The van der Waals surface area contributed by atoms with Crippen molar-refractivity contribution < 1.29 is 4.79 Å². The molecule has 0 saturated carbocycles. The number of thioether (sulfide) groups is 1. The second kappa shape index (κ2) is 9.41. The zero-order valence-electron chi connectivity index (χ0n) is 17.9. The van der Waals surface area contributed by atoms with Gasteiger partial charge in [0.15, 0.2) is 5.16 Å². The molecule has 5 rings (SSSR count). The predicted octanol–water partition coefficient (Wildman–Crippen LogP) is 5.32. The van der Waals surface area contributed by atoms with Crippen LogP contribution in [0.1, 0.15) is 23.1 Å². The van der Waals surface area contributed by atoms with Gasteiger partial charge >= 0.3 is 0 Å². The Morgan fingerprint density at radius 1 is 1.03 bits per heavy atom. The van der Waals surface area contributed by atoms with E-state index in [2.05, 4.69) is 22.4 Å². The summed E-state index contributed by atoms with van der Waals surface area (Å²) in [6.07, 6.45) is 3.33. The Morgan fingerprint density at radius 3 is 2.70 bits per heavy atom. The average molecular weight is 476 g/mol. The first kappa shape index (κ1) is 21.7. The molecule has 0 spiro atoms. The number of benzene rings is 3. The number of carbonyl (C=O) groups excluding carboxylic acids is 1. The van der Waals surface area contributed by atoms with Crippen LogP contribution in [-0.4, -0.2) is 21.2 Å². The highest BCUT2D eigenvalue weighted by Crippen LogP contribution is 2.26. The zero-order chi connectivity index (χ0) is 22.8. The van der Waals surface area contributed by atoms with Crippen molar-refractivity contribution in [1.29, 1.82) is 0 Å². The van der Waals surface area contributed by atoms with Gasteiger partial charge in [0, 0.05) is 10.7 Å². The molecule has 4 aromatic rings. The van der Waals surface area contributed by atoms with E-state index in [0.717, 1.165) is 24.1 Å². The van der Waals surface area contributed by atoms with Gasteiger partial charge in [-0.15, -0.1) is 0 Å². The van der Waals surface area contributed by atoms with Crippen LogP contribution in [0, 0.1) is 0 Å². The number of hydrogen-bond acceptors (Lipinski definition) is 4. The number of hydrogen-bond donors (Lipinski definition) is 1. The van der Waals surface area contributed by atoms with Crippen LogP contribution in [0.25, 0.3) is 10.9 Å². The van der Waals surface area contributed by atoms with E-state index in [0.29, 0.717) is 27.6 Å². The van der Waals surface area contributed by atoms with Crippen molar-refractivity contribution in [3.63, 3.8) is 0 Å². The van der Waals surface area contributed by atoms with Crippen LogP contribution in [0.3, 0.4) is 0 Å². The Kier molecular flexibility index (Phi) is 6.20. The highest BCUT2D eigenvalue weighted by atomic mass is 35.5. The largest absolute Gasteiger partial charge is 0.325 e. The van der Waals surface area contributed by atoms with E-state index in [4.69, 9.17) is 11.6 Å². The van der Waals surface area contributed by atoms with Gasteiger partial charge in [-0.05, 0) is 66.3 Å². The molecule has 1 amide bonds. The average Bonchev–Trinajstić information content (AvgIpc) is 3.28. The molecule has 1 aliphatic carbocycles. The van der Waals surface area contributed by atoms with Crippen molar-refractivity contribution in [1.82, 2.24) is 9.55 Å². The van der Waals surface area contributed by atoms with E-state index >= 15 is 0 Å². The molecule has 0 aliphatic heterocycles. The fourth-order valence-corrected chi connectivity index (χ4v) is 5.13. The second-order valence-corrected chi connectivity index (χ2v) is 9.49. The molecule has 1 aliphatic rings. The van der Waals surface area contributed by atoms with Gasteiger partial charge in [-0.3, -0.25) is 14.2 Å². The molecule has 166 valence electrons. The fourth-order valence-electron chi connectivity index (χ4n) is 4.17. The number of amides is 1. The number of carbonyl (C=O) groups is 1. The number of halogens is 1. The molecule has 0 radical (unpaired) electrons. The van der Waals surface area contributed by atoms with Crippen LogP contribution in [0.5, 0.6) is 0 Å². The number of anilines is 1. The third kappa shape index (κ3) is 4.82. The first-order chi connectivity index (χ1) is 16.1. The Balaban J connectivity index is 1.40. The molecular weight excluding hydrogens is 454 g/mol. The quantitative estimate of drug-likeness (QED) is 0.303. The van der Waals surface area contributed by atoms with Crippen molar-refractivity contribution in [2.45, 2.75) is 31.0 Å². The minimum Gasteiger partial charge on any atom is -0.325 e.